The first-order valence-electron chi connectivity index (χ1n) is 8.83. The average Bonchev–Trinajstić information content (AvgIpc) is 2.67. The van der Waals surface area contributed by atoms with Crippen molar-refractivity contribution < 1.29 is 9.18 Å². The van der Waals surface area contributed by atoms with Crippen LogP contribution in [0.5, 0.6) is 0 Å². The van der Waals surface area contributed by atoms with Crippen LogP contribution in [0.1, 0.15) is 24.0 Å². The second-order valence-corrected chi connectivity index (χ2v) is 6.43. The second kappa shape index (κ2) is 8.21. The largest absolute Gasteiger partial charge is 0.340 e. The summed E-state index contributed by atoms with van der Waals surface area (Å²) in [6, 6.07) is 10.1. The molecule has 1 atom stereocenters. The van der Waals surface area contributed by atoms with Crippen LogP contribution in [0.2, 0.25) is 0 Å². The molecule has 1 unspecified atom stereocenters. The molecule has 4 nitrogen and oxygen atoms in total. The van der Waals surface area contributed by atoms with Crippen LogP contribution in [0.15, 0.2) is 48.8 Å². The molecule has 1 aromatic carbocycles. The van der Waals surface area contributed by atoms with Gasteiger partial charge >= 0.3 is 0 Å². The molecular formula is C20H24FN3O. The Kier molecular flexibility index (Phi) is 5.76. The number of halogens is 1. The molecule has 1 aliphatic rings. The molecule has 2 aromatic rings. The van der Waals surface area contributed by atoms with Gasteiger partial charge in [-0.2, -0.15) is 0 Å². The number of benzene rings is 1. The molecule has 1 aliphatic heterocycles. The lowest BCUT2D eigenvalue weighted by atomic mass is 9.91. The van der Waals surface area contributed by atoms with E-state index in [1.165, 1.54) is 12.1 Å². The number of hydrogen-bond donors (Lipinski definition) is 0. The van der Waals surface area contributed by atoms with Gasteiger partial charge < -0.3 is 9.80 Å². The van der Waals surface area contributed by atoms with Gasteiger partial charge in [0.15, 0.2) is 0 Å². The zero-order valence-corrected chi connectivity index (χ0v) is 14.6. The number of aromatic nitrogens is 1. The monoisotopic (exact) mass is 341 g/mol. The topological polar surface area (TPSA) is 36.4 Å². The Balaban J connectivity index is 1.80. The number of nitrogens with zero attached hydrogens (tertiary/aromatic N) is 3. The van der Waals surface area contributed by atoms with Gasteiger partial charge in [-0.15, -0.1) is 0 Å². The molecule has 0 radical (unpaired) electrons. The van der Waals surface area contributed by atoms with Crippen molar-refractivity contribution in [2.24, 2.45) is 0 Å². The summed E-state index contributed by atoms with van der Waals surface area (Å²) in [5, 5.41) is 0. The van der Waals surface area contributed by atoms with Crippen LogP contribution in [0.4, 0.5) is 4.39 Å². The fraction of sp³-hybridized carbons (Fsp3) is 0.400. The first-order valence-corrected chi connectivity index (χ1v) is 8.83. The lowest BCUT2D eigenvalue weighted by Crippen LogP contribution is -2.50. The van der Waals surface area contributed by atoms with Gasteiger partial charge in [-0.05, 0) is 42.3 Å². The molecule has 132 valence electrons. The van der Waals surface area contributed by atoms with Crippen LogP contribution in [-0.2, 0) is 11.2 Å². The van der Waals surface area contributed by atoms with E-state index < -0.39 is 0 Å². The molecule has 1 aromatic heterocycles. The molecule has 1 fully saturated rings. The number of likely N-dealkylation sites (N-methyl/N-ethyl adjacent to an activating group) is 1. The van der Waals surface area contributed by atoms with Crippen molar-refractivity contribution in [2.45, 2.75) is 19.3 Å². The summed E-state index contributed by atoms with van der Waals surface area (Å²) < 4.78 is 13.3. The minimum atomic E-state index is -0.307. The Hall–Kier alpha value is -2.27. The van der Waals surface area contributed by atoms with Crippen molar-refractivity contribution in [3.05, 3.63) is 65.7 Å². The van der Waals surface area contributed by atoms with Crippen LogP contribution in [0.25, 0.3) is 0 Å². The van der Waals surface area contributed by atoms with Crippen molar-refractivity contribution in [2.75, 3.05) is 32.7 Å². The third-order valence-corrected chi connectivity index (χ3v) is 4.86. The highest BCUT2D eigenvalue weighted by molar-refractivity contribution is 5.84. The number of piperazine rings is 1. The highest BCUT2D eigenvalue weighted by Crippen LogP contribution is 2.24. The molecule has 0 spiro atoms. The normalized spacial score (nSPS) is 16.6. The lowest BCUT2D eigenvalue weighted by molar-refractivity contribution is -0.134. The van der Waals surface area contributed by atoms with Crippen LogP contribution >= 0.6 is 0 Å². The van der Waals surface area contributed by atoms with Crippen molar-refractivity contribution in [1.82, 2.24) is 14.8 Å². The lowest BCUT2D eigenvalue weighted by Gasteiger charge is -2.36. The predicted octanol–water partition coefficient (Wildman–Crippen LogP) is 2.71. The molecule has 25 heavy (non-hydrogen) atoms. The molecule has 0 N–H and O–H groups in total. The molecule has 0 bridgehead atoms. The average molecular weight is 341 g/mol. The highest BCUT2D eigenvalue weighted by atomic mass is 19.1. The third-order valence-electron chi connectivity index (χ3n) is 4.86. The Morgan fingerprint density at radius 3 is 2.48 bits per heavy atom. The number of amides is 1. The van der Waals surface area contributed by atoms with Crippen molar-refractivity contribution in [3.63, 3.8) is 0 Å². The number of pyridine rings is 1. The predicted molar refractivity (Wildman–Crippen MR) is 95.8 cm³/mol. The Bertz CT molecular complexity index is 682. The highest BCUT2D eigenvalue weighted by Gasteiger charge is 2.28. The van der Waals surface area contributed by atoms with E-state index in [1.807, 2.05) is 17.0 Å². The maximum absolute atomic E-state index is 13.3. The van der Waals surface area contributed by atoms with Gasteiger partial charge in [0.25, 0.3) is 0 Å². The SMILES string of the molecule is CCN1CCN(C(=O)C(Cc2cccnc2)c2ccc(F)cc2)CC1. The summed E-state index contributed by atoms with van der Waals surface area (Å²) in [4.78, 5) is 21.6. The van der Waals surface area contributed by atoms with Crippen molar-refractivity contribution in [1.29, 1.82) is 0 Å². The smallest absolute Gasteiger partial charge is 0.230 e. The summed E-state index contributed by atoms with van der Waals surface area (Å²) in [6.07, 6.45) is 4.09. The number of carbonyl (C=O) groups is 1. The zero-order chi connectivity index (χ0) is 17.6. The number of rotatable bonds is 5. The second-order valence-electron chi connectivity index (χ2n) is 6.43. The first-order chi connectivity index (χ1) is 12.2. The van der Waals surface area contributed by atoms with E-state index in [4.69, 9.17) is 0 Å². The minimum absolute atomic E-state index is 0.117. The Morgan fingerprint density at radius 1 is 1.16 bits per heavy atom. The molecule has 1 saturated heterocycles. The van der Waals surface area contributed by atoms with Gasteiger partial charge in [-0.1, -0.05) is 25.1 Å². The Morgan fingerprint density at radius 2 is 1.88 bits per heavy atom. The molecule has 3 rings (SSSR count). The molecule has 5 heteroatoms. The first kappa shape index (κ1) is 17.5. The number of carbonyl (C=O) groups excluding carboxylic acids is 1. The van der Waals surface area contributed by atoms with Gasteiger partial charge in [0.1, 0.15) is 5.82 Å². The molecular weight excluding hydrogens is 317 g/mol. The van der Waals surface area contributed by atoms with E-state index >= 15 is 0 Å². The van der Waals surface area contributed by atoms with Crippen LogP contribution in [0.3, 0.4) is 0 Å². The van der Waals surface area contributed by atoms with Gasteiger partial charge in [0.05, 0.1) is 5.92 Å². The van der Waals surface area contributed by atoms with Crippen LogP contribution in [-0.4, -0.2) is 53.4 Å². The van der Waals surface area contributed by atoms with Crippen LogP contribution < -0.4 is 0 Å². The van der Waals surface area contributed by atoms with Gasteiger partial charge in [-0.3, -0.25) is 9.78 Å². The van der Waals surface area contributed by atoms with E-state index in [0.29, 0.717) is 6.42 Å². The van der Waals surface area contributed by atoms with E-state index in [1.54, 1.807) is 24.5 Å². The summed E-state index contributed by atoms with van der Waals surface area (Å²) in [5.41, 5.74) is 1.87. The third kappa shape index (κ3) is 4.42. The fourth-order valence-corrected chi connectivity index (χ4v) is 3.30. The maximum atomic E-state index is 13.3. The van der Waals surface area contributed by atoms with Gasteiger partial charge in [0.2, 0.25) is 5.91 Å². The van der Waals surface area contributed by atoms with E-state index in [-0.39, 0.29) is 17.6 Å². The molecule has 1 amide bonds. The zero-order valence-electron chi connectivity index (χ0n) is 14.6. The Labute approximate surface area is 148 Å². The fourth-order valence-electron chi connectivity index (χ4n) is 3.30. The van der Waals surface area contributed by atoms with Gasteiger partial charge in [-0.25, -0.2) is 4.39 Å². The van der Waals surface area contributed by atoms with Crippen molar-refractivity contribution in [3.8, 4) is 0 Å². The standard InChI is InChI=1S/C20H24FN3O/c1-2-23-10-12-24(13-11-23)20(25)19(14-16-4-3-9-22-15-16)17-5-7-18(21)8-6-17/h3-9,15,19H,2,10-14H2,1H3. The molecule has 2 heterocycles. The van der Waals surface area contributed by atoms with Gasteiger partial charge in [0, 0.05) is 38.6 Å². The summed E-state index contributed by atoms with van der Waals surface area (Å²) in [7, 11) is 0. The molecule has 0 saturated carbocycles. The quantitative estimate of drug-likeness (QED) is 0.839. The summed E-state index contributed by atoms with van der Waals surface area (Å²) in [6.45, 7) is 6.46. The maximum Gasteiger partial charge on any atom is 0.230 e. The van der Waals surface area contributed by atoms with Crippen molar-refractivity contribution >= 4 is 5.91 Å². The minimum Gasteiger partial charge on any atom is -0.340 e. The number of hydrogen-bond acceptors (Lipinski definition) is 3. The van der Waals surface area contributed by atoms with E-state index in [2.05, 4.69) is 16.8 Å². The van der Waals surface area contributed by atoms with E-state index in [9.17, 15) is 9.18 Å². The summed E-state index contributed by atoms with van der Waals surface area (Å²) >= 11 is 0. The van der Waals surface area contributed by atoms with Crippen LogP contribution in [0, 0.1) is 5.82 Å². The summed E-state index contributed by atoms with van der Waals surface area (Å²) in [5.74, 6) is -0.475. The van der Waals surface area contributed by atoms with E-state index in [0.717, 1.165) is 43.9 Å². The molecule has 0 aliphatic carbocycles.